The molecule has 1 amide bonds. The first-order valence-electron chi connectivity index (χ1n) is 11.1. The monoisotopic (exact) mass is 435 g/mol. The van der Waals surface area contributed by atoms with Gasteiger partial charge in [-0.2, -0.15) is 0 Å². The van der Waals surface area contributed by atoms with Crippen molar-refractivity contribution in [3.8, 4) is 0 Å². The van der Waals surface area contributed by atoms with E-state index >= 15 is 0 Å². The quantitative estimate of drug-likeness (QED) is 0.381. The van der Waals surface area contributed by atoms with Crippen molar-refractivity contribution in [2.75, 3.05) is 13.1 Å². The molecule has 0 spiro atoms. The lowest BCUT2D eigenvalue weighted by Crippen LogP contribution is -2.38. The lowest BCUT2D eigenvalue weighted by Gasteiger charge is -2.27. The number of hydrogen-bond acceptors (Lipinski definition) is 4. The van der Waals surface area contributed by atoms with E-state index in [1.54, 1.807) is 17.0 Å². The maximum Gasteiger partial charge on any atom is 0.410 e. The molecule has 0 fully saturated rings. The van der Waals surface area contributed by atoms with Crippen molar-refractivity contribution in [2.45, 2.75) is 84.2 Å². The van der Waals surface area contributed by atoms with Gasteiger partial charge in [0.1, 0.15) is 5.60 Å². The number of nitrogens with zero attached hydrogens (tertiary/aromatic N) is 1. The predicted octanol–water partition coefficient (Wildman–Crippen LogP) is 5.37. The van der Waals surface area contributed by atoms with Gasteiger partial charge in [0.25, 0.3) is 0 Å². The lowest BCUT2D eigenvalue weighted by molar-refractivity contribution is -0.137. The highest BCUT2D eigenvalue weighted by Gasteiger charge is 2.21. The summed E-state index contributed by atoms with van der Waals surface area (Å²) in [5, 5.41) is 17.6. The zero-order chi connectivity index (χ0) is 23.3. The molecular weight excluding hydrogens is 398 g/mol. The molecular formula is C24H37NO6. The molecule has 0 saturated carbocycles. The number of rotatable bonds is 14. The van der Waals surface area contributed by atoms with Crippen LogP contribution in [-0.2, 0) is 16.0 Å². The fraction of sp³-hybridized carbons (Fsp3) is 0.625. The van der Waals surface area contributed by atoms with E-state index in [0.717, 1.165) is 50.5 Å². The summed E-state index contributed by atoms with van der Waals surface area (Å²) in [6.45, 7) is 6.80. The Labute approximate surface area is 185 Å². The zero-order valence-corrected chi connectivity index (χ0v) is 19.1. The molecule has 0 aliphatic carbocycles. The Morgan fingerprint density at radius 3 is 1.94 bits per heavy atom. The molecule has 0 saturated heterocycles. The topological polar surface area (TPSA) is 104 Å². The number of hydrogen-bond donors (Lipinski definition) is 2. The number of ether oxygens (including phenoxy) is 1. The molecule has 1 rings (SSSR count). The van der Waals surface area contributed by atoms with E-state index in [-0.39, 0.29) is 18.1 Å². The second-order valence-electron chi connectivity index (χ2n) is 8.84. The van der Waals surface area contributed by atoms with Crippen molar-refractivity contribution >= 4 is 18.0 Å². The Morgan fingerprint density at radius 1 is 0.839 bits per heavy atom. The summed E-state index contributed by atoms with van der Waals surface area (Å²) in [7, 11) is 0. The number of carbonyl (C=O) groups excluding carboxylic acids is 1. The van der Waals surface area contributed by atoms with Crippen LogP contribution in [0.1, 0.15) is 88.1 Å². The van der Waals surface area contributed by atoms with Crippen LogP contribution in [0, 0.1) is 0 Å². The molecule has 2 N–H and O–H groups in total. The van der Waals surface area contributed by atoms with Crippen LogP contribution in [0.3, 0.4) is 0 Å². The van der Waals surface area contributed by atoms with E-state index < -0.39 is 17.5 Å². The van der Waals surface area contributed by atoms with Crippen LogP contribution in [-0.4, -0.2) is 51.8 Å². The van der Waals surface area contributed by atoms with E-state index in [9.17, 15) is 14.4 Å². The van der Waals surface area contributed by atoms with E-state index in [1.807, 2.05) is 32.9 Å². The molecule has 7 heteroatoms. The van der Waals surface area contributed by atoms with Crippen LogP contribution in [0.15, 0.2) is 24.3 Å². The van der Waals surface area contributed by atoms with Crippen LogP contribution in [0.25, 0.3) is 0 Å². The number of aromatic carboxylic acids is 1. The van der Waals surface area contributed by atoms with E-state index in [2.05, 4.69) is 0 Å². The predicted molar refractivity (Wildman–Crippen MR) is 119 cm³/mol. The molecule has 1 aromatic carbocycles. The summed E-state index contributed by atoms with van der Waals surface area (Å²) in [5.74, 6) is -1.68. The molecule has 0 atom stereocenters. The van der Waals surface area contributed by atoms with Gasteiger partial charge in [0.15, 0.2) is 0 Å². The average molecular weight is 436 g/mol. The summed E-state index contributed by atoms with van der Waals surface area (Å²) in [6, 6.07) is 6.89. The van der Waals surface area contributed by atoms with Gasteiger partial charge >= 0.3 is 18.0 Å². The third-order valence-electron chi connectivity index (χ3n) is 4.81. The molecule has 174 valence electrons. The molecule has 0 heterocycles. The third kappa shape index (κ3) is 12.7. The Bertz CT molecular complexity index is 693. The Hall–Kier alpha value is -2.57. The number of benzene rings is 1. The van der Waals surface area contributed by atoms with Crippen molar-refractivity contribution in [3.63, 3.8) is 0 Å². The number of carboxylic acids is 2. The van der Waals surface area contributed by atoms with Crippen LogP contribution in [0.4, 0.5) is 4.79 Å². The SMILES string of the molecule is CC(C)(C)OC(=O)N(CCCCCCCC(=O)O)CCCCc1ccc(C(=O)O)cc1. The van der Waals surface area contributed by atoms with E-state index in [0.29, 0.717) is 19.5 Å². The maximum absolute atomic E-state index is 12.5. The van der Waals surface area contributed by atoms with Crippen molar-refractivity contribution < 1.29 is 29.3 Å². The van der Waals surface area contributed by atoms with Gasteiger partial charge in [0.2, 0.25) is 0 Å². The summed E-state index contributed by atoms with van der Waals surface area (Å²) >= 11 is 0. The van der Waals surface area contributed by atoms with Gasteiger partial charge in [-0.15, -0.1) is 0 Å². The molecule has 0 radical (unpaired) electrons. The number of aryl methyl sites for hydroxylation is 1. The van der Waals surface area contributed by atoms with E-state index in [1.165, 1.54) is 0 Å². The second kappa shape index (κ2) is 13.7. The molecule has 0 aliphatic rings. The van der Waals surface area contributed by atoms with Crippen LogP contribution < -0.4 is 0 Å². The molecule has 1 aromatic rings. The Kier molecular flexibility index (Phi) is 11.7. The van der Waals surface area contributed by atoms with Gasteiger partial charge in [0, 0.05) is 19.5 Å². The highest BCUT2D eigenvalue weighted by atomic mass is 16.6. The minimum atomic E-state index is -0.929. The van der Waals surface area contributed by atoms with Gasteiger partial charge in [-0.25, -0.2) is 9.59 Å². The Balaban J connectivity index is 2.41. The van der Waals surface area contributed by atoms with Gasteiger partial charge < -0.3 is 19.8 Å². The fourth-order valence-electron chi connectivity index (χ4n) is 3.18. The number of unbranched alkanes of at least 4 members (excludes halogenated alkanes) is 5. The fourth-order valence-corrected chi connectivity index (χ4v) is 3.18. The third-order valence-corrected chi connectivity index (χ3v) is 4.81. The molecule has 31 heavy (non-hydrogen) atoms. The van der Waals surface area contributed by atoms with Gasteiger partial charge in [-0.05, 0) is 70.6 Å². The lowest BCUT2D eigenvalue weighted by atomic mass is 10.1. The first kappa shape index (κ1) is 26.5. The average Bonchev–Trinajstić information content (AvgIpc) is 2.67. The van der Waals surface area contributed by atoms with Crippen molar-refractivity contribution in [2.24, 2.45) is 0 Å². The largest absolute Gasteiger partial charge is 0.481 e. The first-order valence-corrected chi connectivity index (χ1v) is 11.1. The molecule has 0 bridgehead atoms. The highest BCUT2D eigenvalue weighted by molar-refractivity contribution is 5.87. The van der Waals surface area contributed by atoms with E-state index in [4.69, 9.17) is 14.9 Å². The van der Waals surface area contributed by atoms with Crippen LogP contribution in [0.2, 0.25) is 0 Å². The van der Waals surface area contributed by atoms with Crippen molar-refractivity contribution in [1.29, 1.82) is 0 Å². The zero-order valence-electron chi connectivity index (χ0n) is 19.1. The molecule has 0 aliphatic heterocycles. The summed E-state index contributed by atoms with van der Waals surface area (Å²) < 4.78 is 5.54. The normalized spacial score (nSPS) is 11.2. The van der Waals surface area contributed by atoms with Crippen LogP contribution in [0.5, 0.6) is 0 Å². The molecule has 7 nitrogen and oxygen atoms in total. The standard InChI is InChI=1S/C24H37NO6/c1-24(2,3)31-23(30)25(17-9-6-4-5-7-12-21(26)27)18-10-8-11-19-13-15-20(16-14-19)22(28)29/h13-16H,4-12,17-18H2,1-3H3,(H,26,27)(H,28,29). The number of carbonyl (C=O) groups is 3. The number of carboxylic acid groups (broad SMARTS) is 2. The summed E-state index contributed by atoms with van der Waals surface area (Å²) in [6.07, 6.45) is 6.82. The summed E-state index contributed by atoms with van der Waals surface area (Å²) in [5.41, 5.74) is 0.816. The van der Waals surface area contributed by atoms with Crippen molar-refractivity contribution in [1.82, 2.24) is 4.90 Å². The smallest absolute Gasteiger partial charge is 0.410 e. The first-order chi connectivity index (χ1) is 14.6. The van der Waals surface area contributed by atoms with Crippen molar-refractivity contribution in [3.05, 3.63) is 35.4 Å². The van der Waals surface area contributed by atoms with Gasteiger partial charge in [-0.3, -0.25) is 4.79 Å². The minimum Gasteiger partial charge on any atom is -0.481 e. The molecule has 0 aromatic heterocycles. The second-order valence-corrected chi connectivity index (χ2v) is 8.84. The summed E-state index contributed by atoms with van der Waals surface area (Å²) in [4.78, 5) is 35.8. The van der Waals surface area contributed by atoms with Crippen LogP contribution >= 0.6 is 0 Å². The number of amides is 1. The maximum atomic E-state index is 12.5. The van der Waals surface area contributed by atoms with Gasteiger partial charge in [-0.1, -0.05) is 31.4 Å². The van der Waals surface area contributed by atoms with Gasteiger partial charge in [0.05, 0.1) is 5.56 Å². The minimum absolute atomic E-state index is 0.211. The highest BCUT2D eigenvalue weighted by Crippen LogP contribution is 2.14. The Morgan fingerprint density at radius 2 is 1.39 bits per heavy atom. The number of aliphatic carboxylic acids is 1. The molecule has 0 unspecified atom stereocenters.